The fourth-order valence-corrected chi connectivity index (χ4v) is 2.15. The van der Waals surface area contributed by atoms with Crippen LogP contribution in [0.5, 0.6) is 0 Å². The third-order valence-corrected chi connectivity index (χ3v) is 3.52. The summed E-state index contributed by atoms with van der Waals surface area (Å²) in [5.41, 5.74) is 10.9. The highest BCUT2D eigenvalue weighted by atomic mass is 16.3. The van der Waals surface area contributed by atoms with Gasteiger partial charge in [0.15, 0.2) is 0 Å². The molecule has 0 radical (unpaired) electrons. The molecular weight excluding hydrogens is 236 g/mol. The Labute approximate surface area is 117 Å². The Morgan fingerprint density at radius 1 is 1.21 bits per heavy atom. The van der Waals surface area contributed by atoms with Crippen molar-refractivity contribution in [2.45, 2.75) is 52.7 Å². The molecule has 0 spiro atoms. The Morgan fingerprint density at radius 3 is 2.16 bits per heavy atom. The largest absolute Gasteiger partial charge is 0.390 e. The van der Waals surface area contributed by atoms with E-state index >= 15 is 0 Å². The van der Waals surface area contributed by atoms with Crippen LogP contribution in [0.15, 0.2) is 12.1 Å². The molecule has 19 heavy (non-hydrogen) atoms. The summed E-state index contributed by atoms with van der Waals surface area (Å²) in [4.78, 5) is 0. The highest BCUT2D eigenvalue weighted by Gasteiger charge is 2.16. The highest BCUT2D eigenvalue weighted by Crippen LogP contribution is 2.26. The molecule has 1 aromatic rings. The highest BCUT2D eigenvalue weighted by molar-refractivity contribution is 5.40. The fraction of sp³-hybridized carbons (Fsp3) is 0.625. The van der Waals surface area contributed by atoms with Crippen LogP contribution in [0.4, 0.5) is 0 Å². The monoisotopic (exact) mass is 264 g/mol. The number of rotatable bonds is 5. The molecule has 0 aliphatic carbocycles. The zero-order valence-electron chi connectivity index (χ0n) is 12.9. The molecule has 0 aromatic heterocycles. The number of aliphatic hydroxyl groups is 1. The summed E-state index contributed by atoms with van der Waals surface area (Å²) in [6.07, 6.45) is -0.463. The van der Waals surface area contributed by atoms with Crippen LogP contribution in [0.2, 0.25) is 0 Å². The third-order valence-electron chi connectivity index (χ3n) is 3.52. The van der Waals surface area contributed by atoms with E-state index in [-0.39, 0.29) is 5.41 Å². The Balaban J connectivity index is 2.80. The van der Waals surface area contributed by atoms with E-state index in [1.54, 1.807) is 0 Å². The summed E-state index contributed by atoms with van der Waals surface area (Å²) in [6.45, 7) is 12.6. The Kier molecular flexibility index (Phi) is 5.53. The third kappa shape index (κ3) is 4.60. The normalized spacial score (nSPS) is 13.6. The molecule has 0 saturated heterocycles. The molecule has 3 nitrogen and oxygen atoms in total. The van der Waals surface area contributed by atoms with Gasteiger partial charge < -0.3 is 16.2 Å². The molecule has 0 saturated carbocycles. The molecule has 108 valence electrons. The van der Waals surface area contributed by atoms with Gasteiger partial charge in [0.1, 0.15) is 0 Å². The number of nitrogens with one attached hydrogen (secondary N) is 1. The lowest BCUT2D eigenvalue weighted by atomic mass is 9.84. The topological polar surface area (TPSA) is 58.3 Å². The van der Waals surface area contributed by atoms with Crippen molar-refractivity contribution in [1.82, 2.24) is 5.32 Å². The quantitative estimate of drug-likeness (QED) is 0.762. The second-order valence-corrected chi connectivity index (χ2v) is 6.36. The molecular formula is C16H28N2O. The molecule has 0 amide bonds. The van der Waals surface area contributed by atoms with Gasteiger partial charge in [-0.05, 0) is 41.5 Å². The second kappa shape index (κ2) is 6.51. The van der Waals surface area contributed by atoms with Crippen molar-refractivity contribution >= 4 is 0 Å². The first-order chi connectivity index (χ1) is 8.75. The predicted molar refractivity (Wildman–Crippen MR) is 81.4 cm³/mol. The molecule has 0 aliphatic heterocycles. The van der Waals surface area contributed by atoms with E-state index in [4.69, 9.17) is 5.73 Å². The lowest BCUT2D eigenvalue weighted by Crippen LogP contribution is -2.32. The minimum atomic E-state index is -0.463. The first kappa shape index (κ1) is 16.2. The number of aliphatic hydroxyl groups excluding tert-OH is 1. The number of aryl methyl sites for hydroxylation is 2. The van der Waals surface area contributed by atoms with Gasteiger partial charge in [0, 0.05) is 19.6 Å². The lowest BCUT2D eigenvalue weighted by Gasteiger charge is -2.22. The molecule has 3 heteroatoms. The van der Waals surface area contributed by atoms with Gasteiger partial charge in [-0.25, -0.2) is 0 Å². The summed E-state index contributed by atoms with van der Waals surface area (Å²) < 4.78 is 0. The van der Waals surface area contributed by atoms with Crippen LogP contribution in [0.1, 0.15) is 43.0 Å². The van der Waals surface area contributed by atoms with Gasteiger partial charge in [-0.1, -0.05) is 32.9 Å². The van der Waals surface area contributed by atoms with Crippen molar-refractivity contribution in [3.8, 4) is 0 Å². The van der Waals surface area contributed by atoms with Crippen LogP contribution in [0.25, 0.3) is 0 Å². The lowest BCUT2D eigenvalue weighted by molar-refractivity contribution is 0.179. The Morgan fingerprint density at radius 2 is 1.74 bits per heavy atom. The molecule has 1 aromatic carbocycles. The van der Waals surface area contributed by atoms with Gasteiger partial charge in [0.2, 0.25) is 0 Å². The summed E-state index contributed by atoms with van der Waals surface area (Å²) in [6, 6.07) is 4.53. The molecule has 0 fully saturated rings. The summed E-state index contributed by atoms with van der Waals surface area (Å²) in [5, 5.41) is 12.7. The number of nitrogens with two attached hydrogens (primary N) is 1. The zero-order valence-corrected chi connectivity index (χ0v) is 12.9. The van der Waals surface area contributed by atoms with Crippen molar-refractivity contribution in [3.05, 3.63) is 34.4 Å². The van der Waals surface area contributed by atoms with Crippen LogP contribution < -0.4 is 11.1 Å². The van der Waals surface area contributed by atoms with E-state index in [9.17, 15) is 5.11 Å². The first-order valence-corrected chi connectivity index (χ1v) is 6.95. The van der Waals surface area contributed by atoms with E-state index in [2.05, 4.69) is 52.1 Å². The first-order valence-electron chi connectivity index (χ1n) is 6.95. The number of benzene rings is 1. The van der Waals surface area contributed by atoms with E-state index < -0.39 is 6.10 Å². The minimum Gasteiger partial charge on any atom is -0.390 e. The summed E-state index contributed by atoms with van der Waals surface area (Å²) in [5.74, 6) is 0. The minimum absolute atomic E-state index is 0.178. The summed E-state index contributed by atoms with van der Waals surface area (Å²) >= 11 is 0. The van der Waals surface area contributed by atoms with Crippen molar-refractivity contribution in [3.63, 3.8) is 0 Å². The van der Waals surface area contributed by atoms with Crippen LogP contribution in [0, 0.1) is 13.8 Å². The fourth-order valence-electron chi connectivity index (χ4n) is 2.15. The van der Waals surface area contributed by atoms with Crippen molar-refractivity contribution in [2.24, 2.45) is 5.73 Å². The molecule has 1 unspecified atom stereocenters. The van der Waals surface area contributed by atoms with Gasteiger partial charge in [0.05, 0.1) is 6.10 Å². The zero-order chi connectivity index (χ0) is 14.6. The van der Waals surface area contributed by atoms with Crippen LogP contribution in [-0.4, -0.2) is 24.3 Å². The van der Waals surface area contributed by atoms with Crippen molar-refractivity contribution < 1.29 is 5.11 Å². The maximum atomic E-state index is 9.44. The molecule has 0 aliphatic rings. The van der Waals surface area contributed by atoms with E-state index in [1.165, 1.54) is 22.3 Å². The smallest absolute Gasteiger partial charge is 0.0786 e. The van der Waals surface area contributed by atoms with E-state index in [1.807, 2.05) is 0 Å². The van der Waals surface area contributed by atoms with Gasteiger partial charge in [-0.2, -0.15) is 0 Å². The molecule has 4 N–H and O–H groups in total. The van der Waals surface area contributed by atoms with Crippen molar-refractivity contribution in [2.75, 3.05) is 13.1 Å². The Hall–Kier alpha value is -0.900. The average molecular weight is 264 g/mol. The SMILES string of the molecule is Cc1cc(C(C)(C)C)cc(C)c1CNCC(O)CN. The van der Waals surface area contributed by atoms with Gasteiger partial charge >= 0.3 is 0 Å². The van der Waals surface area contributed by atoms with E-state index in [0.29, 0.717) is 13.1 Å². The number of hydrogen-bond acceptors (Lipinski definition) is 3. The van der Waals surface area contributed by atoms with Crippen LogP contribution >= 0.6 is 0 Å². The predicted octanol–water partition coefficient (Wildman–Crippen LogP) is 2.01. The van der Waals surface area contributed by atoms with Crippen LogP contribution in [0.3, 0.4) is 0 Å². The van der Waals surface area contributed by atoms with Crippen molar-refractivity contribution in [1.29, 1.82) is 0 Å². The maximum Gasteiger partial charge on any atom is 0.0786 e. The molecule has 0 bridgehead atoms. The molecule has 0 heterocycles. The van der Waals surface area contributed by atoms with Gasteiger partial charge in [-0.15, -0.1) is 0 Å². The van der Waals surface area contributed by atoms with Gasteiger partial charge in [0.25, 0.3) is 0 Å². The Bertz CT molecular complexity index is 398. The average Bonchev–Trinajstić information content (AvgIpc) is 2.30. The maximum absolute atomic E-state index is 9.44. The van der Waals surface area contributed by atoms with Crippen LogP contribution in [-0.2, 0) is 12.0 Å². The number of hydrogen-bond donors (Lipinski definition) is 3. The molecule has 1 rings (SSSR count). The second-order valence-electron chi connectivity index (χ2n) is 6.36. The van der Waals surface area contributed by atoms with Gasteiger partial charge in [-0.3, -0.25) is 0 Å². The van der Waals surface area contributed by atoms with E-state index in [0.717, 1.165) is 6.54 Å². The summed E-state index contributed by atoms with van der Waals surface area (Å²) in [7, 11) is 0. The molecule has 1 atom stereocenters. The standard InChI is InChI=1S/C16H28N2O/c1-11-6-13(16(3,4)5)7-12(2)15(11)10-18-9-14(19)8-17/h6-7,14,18-19H,8-10,17H2,1-5H3.